The first-order valence-corrected chi connectivity index (χ1v) is 5.91. The lowest BCUT2D eigenvalue weighted by molar-refractivity contribution is 0.112. The van der Waals surface area contributed by atoms with E-state index in [9.17, 15) is 4.79 Å². The number of aldehydes is 1. The Kier molecular flexibility index (Phi) is 3.24. The molecule has 94 valence electrons. The van der Waals surface area contributed by atoms with E-state index >= 15 is 0 Å². The minimum Gasteiger partial charge on any atom is -0.377 e. The largest absolute Gasteiger partial charge is 0.377 e. The summed E-state index contributed by atoms with van der Waals surface area (Å²) in [6.07, 6.45) is 0.898. The van der Waals surface area contributed by atoms with E-state index in [-0.39, 0.29) is 0 Å². The highest BCUT2D eigenvalue weighted by molar-refractivity contribution is 6.06. The van der Waals surface area contributed by atoms with E-state index in [1.807, 2.05) is 57.4 Å². The van der Waals surface area contributed by atoms with Crippen LogP contribution in [-0.4, -0.2) is 34.5 Å². The van der Waals surface area contributed by atoms with Gasteiger partial charge in [-0.15, -0.1) is 0 Å². The predicted molar refractivity (Wildman–Crippen MR) is 78.0 cm³/mol. The number of hydrogen-bond donors (Lipinski definition) is 0. The Labute approximate surface area is 108 Å². The number of anilines is 2. The molecule has 0 aliphatic heterocycles. The zero-order chi connectivity index (χ0) is 13.3. The first kappa shape index (κ1) is 12.4. The molecule has 0 N–H and O–H groups in total. The normalized spacial score (nSPS) is 10.4. The summed E-state index contributed by atoms with van der Waals surface area (Å²) in [5.41, 5.74) is 2.94. The predicted octanol–water partition coefficient (Wildman–Crippen LogP) is 2.78. The van der Waals surface area contributed by atoms with Gasteiger partial charge in [-0.1, -0.05) is 12.1 Å². The maximum atomic E-state index is 11.0. The molecule has 2 rings (SSSR count). The average Bonchev–Trinajstić information content (AvgIpc) is 2.36. The van der Waals surface area contributed by atoms with E-state index in [2.05, 4.69) is 11.0 Å². The highest BCUT2D eigenvalue weighted by Crippen LogP contribution is 2.34. The lowest BCUT2D eigenvalue weighted by Gasteiger charge is -2.22. The maximum Gasteiger partial charge on any atom is 0.150 e. The van der Waals surface area contributed by atoms with Gasteiger partial charge in [0.1, 0.15) is 6.29 Å². The summed E-state index contributed by atoms with van der Waals surface area (Å²) in [5, 5.41) is 2.27. The summed E-state index contributed by atoms with van der Waals surface area (Å²) in [4.78, 5) is 15.2. The van der Waals surface area contributed by atoms with Crippen LogP contribution in [0.3, 0.4) is 0 Å². The molecule has 2 aromatic carbocycles. The quantitative estimate of drug-likeness (QED) is 0.773. The first-order valence-electron chi connectivity index (χ1n) is 5.91. The molecule has 0 heterocycles. The molecular weight excluding hydrogens is 224 g/mol. The monoisotopic (exact) mass is 242 g/mol. The maximum absolute atomic E-state index is 11.0. The Morgan fingerprint density at radius 1 is 0.944 bits per heavy atom. The number of hydrogen-bond acceptors (Lipinski definition) is 3. The van der Waals surface area contributed by atoms with E-state index < -0.39 is 0 Å². The molecule has 3 heteroatoms. The third kappa shape index (κ3) is 2.04. The Bertz CT molecular complexity index is 588. The number of fused-ring (bicyclic) bond motifs is 1. The molecule has 3 nitrogen and oxygen atoms in total. The second-order valence-electron chi connectivity index (χ2n) is 4.82. The SMILES string of the molecule is CN(C)c1cccc2cc(C=O)cc(N(C)C)c12. The van der Waals surface area contributed by atoms with Crippen LogP contribution in [0.25, 0.3) is 10.8 Å². The van der Waals surface area contributed by atoms with Gasteiger partial charge in [0, 0.05) is 50.5 Å². The van der Waals surface area contributed by atoms with Gasteiger partial charge >= 0.3 is 0 Å². The summed E-state index contributed by atoms with van der Waals surface area (Å²) in [7, 11) is 8.05. The van der Waals surface area contributed by atoms with Crippen molar-refractivity contribution >= 4 is 28.4 Å². The smallest absolute Gasteiger partial charge is 0.150 e. The lowest BCUT2D eigenvalue weighted by atomic mass is 10.0. The number of carbonyl (C=O) groups is 1. The molecular formula is C15H18N2O. The Morgan fingerprint density at radius 2 is 1.61 bits per heavy atom. The number of nitrogens with zero attached hydrogens (tertiary/aromatic N) is 2. The van der Waals surface area contributed by atoms with E-state index in [4.69, 9.17) is 0 Å². The van der Waals surface area contributed by atoms with Crippen molar-refractivity contribution in [3.63, 3.8) is 0 Å². The fraction of sp³-hybridized carbons (Fsp3) is 0.267. The first-order chi connectivity index (χ1) is 8.54. The Morgan fingerprint density at radius 3 is 2.17 bits per heavy atom. The summed E-state index contributed by atoms with van der Waals surface area (Å²) in [6, 6.07) is 10.0. The van der Waals surface area contributed by atoms with Gasteiger partial charge in [0.25, 0.3) is 0 Å². The van der Waals surface area contributed by atoms with E-state index in [1.165, 1.54) is 5.39 Å². The highest BCUT2D eigenvalue weighted by Gasteiger charge is 2.11. The molecule has 0 amide bonds. The summed E-state index contributed by atoms with van der Waals surface area (Å²) in [5.74, 6) is 0. The van der Waals surface area contributed by atoms with E-state index in [0.717, 1.165) is 23.0 Å². The molecule has 0 saturated heterocycles. The molecule has 0 bridgehead atoms. The highest BCUT2D eigenvalue weighted by atomic mass is 16.1. The second-order valence-corrected chi connectivity index (χ2v) is 4.82. The van der Waals surface area contributed by atoms with Gasteiger partial charge in [-0.2, -0.15) is 0 Å². The van der Waals surface area contributed by atoms with Gasteiger partial charge < -0.3 is 9.80 Å². The molecule has 2 aromatic rings. The Hall–Kier alpha value is -2.03. The molecule has 0 atom stereocenters. The molecule has 0 fully saturated rings. The molecule has 0 aliphatic carbocycles. The van der Waals surface area contributed by atoms with Gasteiger partial charge in [-0.3, -0.25) is 4.79 Å². The van der Waals surface area contributed by atoms with Crippen LogP contribution in [0.1, 0.15) is 10.4 Å². The van der Waals surface area contributed by atoms with Crippen LogP contribution in [0, 0.1) is 0 Å². The van der Waals surface area contributed by atoms with E-state index in [1.54, 1.807) is 0 Å². The van der Waals surface area contributed by atoms with Crippen LogP contribution in [0.15, 0.2) is 30.3 Å². The molecule has 18 heavy (non-hydrogen) atoms. The Balaban J connectivity index is 2.87. The van der Waals surface area contributed by atoms with Crippen molar-refractivity contribution in [1.29, 1.82) is 0 Å². The topological polar surface area (TPSA) is 23.6 Å². The van der Waals surface area contributed by atoms with Gasteiger partial charge in [-0.25, -0.2) is 0 Å². The third-order valence-corrected chi connectivity index (χ3v) is 3.06. The van der Waals surface area contributed by atoms with Crippen LogP contribution >= 0.6 is 0 Å². The molecule has 0 aliphatic rings. The molecule has 0 radical (unpaired) electrons. The molecule has 0 saturated carbocycles. The van der Waals surface area contributed by atoms with Crippen molar-refractivity contribution in [3.8, 4) is 0 Å². The van der Waals surface area contributed by atoms with Crippen molar-refractivity contribution in [2.75, 3.05) is 38.0 Å². The fourth-order valence-corrected chi connectivity index (χ4v) is 2.20. The number of carbonyl (C=O) groups excluding carboxylic acids is 1. The average molecular weight is 242 g/mol. The van der Waals surface area contributed by atoms with Crippen LogP contribution < -0.4 is 9.80 Å². The van der Waals surface area contributed by atoms with Gasteiger partial charge in [-0.05, 0) is 23.6 Å². The second kappa shape index (κ2) is 4.69. The number of rotatable bonds is 3. The summed E-state index contributed by atoms with van der Waals surface area (Å²) < 4.78 is 0. The van der Waals surface area contributed by atoms with Crippen LogP contribution in [0.2, 0.25) is 0 Å². The van der Waals surface area contributed by atoms with Crippen molar-refractivity contribution in [3.05, 3.63) is 35.9 Å². The molecule has 0 spiro atoms. The minimum atomic E-state index is 0.710. The van der Waals surface area contributed by atoms with Crippen molar-refractivity contribution in [2.24, 2.45) is 0 Å². The fourth-order valence-electron chi connectivity index (χ4n) is 2.20. The van der Waals surface area contributed by atoms with Gasteiger partial charge in [0.15, 0.2) is 0 Å². The van der Waals surface area contributed by atoms with Crippen molar-refractivity contribution < 1.29 is 4.79 Å². The lowest BCUT2D eigenvalue weighted by Crippen LogP contribution is -2.13. The third-order valence-electron chi connectivity index (χ3n) is 3.06. The van der Waals surface area contributed by atoms with E-state index in [0.29, 0.717) is 5.56 Å². The van der Waals surface area contributed by atoms with Crippen molar-refractivity contribution in [2.45, 2.75) is 0 Å². The van der Waals surface area contributed by atoms with Crippen molar-refractivity contribution in [1.82, 2.24) is 0 Å². The summed E-state index contributed by atoms with van der Waals surface area (Å²) in [6.45, 7) is 0. The van der Waals surface area contributed by atoms with Crippen LogP contribution in [0.5, 0.6) is 0 Å². The molecule has 0 aromatic heterocycles. The molecule has 0 unspecified atom stereocenters. The van der Waals surface area contributed by atoms with Gasteiger partial charge in [0.2, 0.25) is 0 Å². The minimum absolute atomic E-state index is 0.710. The van der Waals surface area contributed by atoms with Crippen LogP contribution in [-0.2, 0) is 0 Å². The number of benzene rings is 2. The zero-order valence-corrected chi connectivity index (χ0v) is 11.3. The zero-order valence-electron chi connectivity index (χ0n) is 11.3. The summed E-state index contributed by atoms with van der Waals surface area (Å²) >= 11 is 0. The standard InChI is InChI=1S/C15H18N2O/c1-16(2)13-7-5-6-12-8-11(10-18)9-14(15(12)13)17(3)4/h5-10H,1-4H3. The van der Waals surface area contributed by atoms with Gasteiger partial charge in [0.05, 0.1) is 0 Å². The van der Waals surface area contributed by atoms with Crippen LogP contribution in [0.4, 0.5) is 11.4 Å².